The van der Waals surface area contributed by atoms with E-state index in [-0.39, 0.29) is 22.4 Å². The fourth-order valence-corrected chi connectivity index (χ4v) is 3.02. The lowest BCUT2D eigenvalue weighted by Crippen LogP contribution is -2.29. The molecule has 0 unspecified atom stereocenters. The van der Waals surface area contributed by atoms with Crippen LogP contribution < -0.4 is 4.83 Å². The summed E-state index contributed by atoms with van der Waals surface area (Å²) < 4.78 is 24.0. The van der Waals surface area contributed by atoms with Gasteiger partial charge in [-0.3, -0.25) is 9.59 Å². The summed E-state index contributed by atoms with van der Waals surface area (Å²) in [7, 11) is -4.46. The quantitative estimate of drug-likeness (QED) is 0.463. The summed E-state index contributed by atoms with van der Waals surface area (Å²) in [5.41, 5.74) is -0.300. The zero-order chi connectivity index (χ0) is 16.8. The Morgan fingerprint density at radius 3 is 2.57 bits per heavy atom. The van der Waals surface area contributed by atoms with Crippen LogP contribution in [0.3, 0.4) is 0 Å². The molecule has 2 aromatic rings. The molecular weight excluding hydrogens is 328 g/mol. The SMILES string of the molecule is O=C1C=Cc2nc3c(S(=O)(=O)N[N+](=O)[O-])cccc3nc2C1=O. The Morgan fingerprint density at radius 2 is 1.87 bits per heavy atom. The number of allylic oxidation sites excluding steroid dienone is 1. The van der Waals surface area contributed by atoms with Crippen molar-refractivity contribution < 1.29 is 23.0 Å². The largest absolute Gasteiger partial charge is 0.313 e. The highest BCUT2D eigenvalue weighted by Gasteiger charge is 2.27. The van der Waals surface area contributed by atoms with E-state index in [9.17, 15) is 28.1 Å². The van der Waals surface area contributed by atoms with Gasteiger partial charge in [-0.25, -0.2) is 20.1 Å². The highest BCUT2D eigenvalue weighted by atomic mass is 32.2. The topological polar surface area (TPSA) is 149 Å². The minimum absolute atomic E-state index is 0.0193. The molecule has 1 heterocycles. The number of rotatable bonds is 3. The molecule has 0 aliphatic heterocycles. The highest BCUT2D eigenvalue weighted by molar-refractivity contribution is 7.89. The van der Waals surface area contributed by atoms with Gasteiger partial charge in [0.2, 0.25) is 5.78 Å². The lowest BCUT2D eigenvalue weighted by Gasteiger charge is -2.10. The molecule has 10 nitrogen and oxygen atoms in total. The summed E-state index contributed by atoms with van der Waals surface area (Å²) in [5.74, 6) is -1.61. The Bertz CT molecular complexity index is 1030. The molecule has 11 heteroatoms. The van der Waals surface area contributed by atoms with Crippen molar-refractivity contribution in [3.05, 3.63) is 45.8 Å². The first kappa shape index (κ1) is 14.7. The van der Waals surface area contributed by atoms with Crippen molar-refractivity contribution in [2.24, 2.45) is 0 Å². The normalized spacial score (nSPS) is 13.9. The molecule has 0 fully saturated rings. The number of nitro groups is 1. The maximum atomic E-state index is 12.0. The maximum Gasteiger partial charge on any atom is 0.313 e. The number of nitrogens with one attached hydrogen (secondary N) is 1. The van der Waals surface area contributed by atoms with Crippen LogP contribution >= 0.6 is 0 Å². The van der Waals surface area contributed by atoms with Gasteiger partial charge in [0.05, 0.1) is 11.2 Å². The Hall–Kier alpha value is -3.21. The highest BCUT2D eigenvalue weighted by Crippen LogP contribution is 2.23. The van der Waals surface area contributed by atoms with E-state index in [2.05, 4.69) is 9.97 Å². The Labute approximate surface area is 128 Å². The molecule has 116 valence electrons. The number of carbonyl (C=O) groups is 2. The van der Waals surface area contributed by atoms with Crippen molar-refractivity contribution in [1.29, 1.82) is 0 Å². The van der Waals surface area contributed by atoms with Gasteiger partial charge in [-0.15, -0.1) is 0 Å². The predicted octanol–water partition coefficient (Wildman–Crippen LogP) is -0.122. The second-order valence-electron chi connectivity index (χ2n) is 4.46. The molecule has 1 aliphatic carbocycles. The minimum atomic E-state index is -4.46. The van der Waals surface area contributed by atoms with Gasteiger partial charge in [-0.2, -0.15) is 8.42 Å². The van der Waals surface area contributed by atoms with Crippen LogP contribution in [0, 0.1) is 10.1 Å². The van der Waals surface area contributed by atoms with Crippen molar-refractivity contribution >= 4 is 38.7 Å². The number of sulfonamides is 1. The Kier molecular flexibility index (Phi) is 3.14. The van der Waals surface area contributed by atoms with Gasteiger partial charge in [0.1, 0.15) is 16.1 Å². The van der Waals surface area contributed by atoms with Crippen LogP contribution in [-0.4, -0.2) is 35.0 Å². The Balaban J connectivity index is 2.29. The molecule has 0 bridgehead atoms. The number of hydrazine groups is 1. The van der Waals surface area contributed by atoms with Crippen molar-refractivity contribution in [1.82, 2.24) is 14.8 Å². The molecule has 1 aromatic carbocycles. The zero-order valence-corrected chi connectivity index (χ0v) is 11.9. The third kappa shape index (κ3) is 2.42. The number of Topliss-reactive ketones (excluding diaryl/α,β-unsaturated/α-hetero) is 1. The third-order valence-corrected chi connectivity index (χ3v) is 4.30. The molecule has 0 saturated carbocycles. The second-order valence-corrected chi connectivity index (χ2v) is 6.09. The molecule has 0 spiro atoms. The molecule has 1 aliphatic rings. The summed E-state index contributed by atoms with van der Waals surface area (Å²) in [6.07, 6.45) is 2.23. The molecule has 0 atom stereocenters. The summed E-state index contributed by atoms with van der Waals surface area (Å²) in [5, 5.41) is 9.22. The first-order valence-electron chi connectivity index (χ1n) is 6.04. The van der Waals surface area contributed by atoms with Gasteiger partial charge in [-0.05, 0) is 29.1 Å². The van der Waals surface area contributed by atoms with Crippen LogP contribution in [0.2, 0.25) is 0 Å². The fourth-order valence-electron chi connectivity index (χ4n) is 2.06. The first-order chi connectivity index (χ1) is 10.8. The average molecular weight is 334 g/mol. The van der Waals surface area contributed by atoms with E-state index in [1.54, 1.807) is 0 Å². The zero-order valence-electron chi connectivity index (χ0n) is 11.1. The number of hydrogen-bond donors (Lipinski definition) is 1. The van der Waals surface area contributed by atoms with Gasteiger partial charge >= 0.3 is 10.0 Å². The molecule has 1 N–H and O–H groups in total. The monoisotopic (exact) mass is 334 g/mol. The van der Waals surface area contributed by atoms with Crippen molar-refractivity contribution in [3.63, 3.8) is 0 Å². The van der Waals surface area contributed by atoms with Gasteiger partial charge in [0.25, 0.3) is 5.78 Å². The third-order valence-electron chi connectivity index (χ3n) is 3.00. The van der Waals surface area contributed by atoms with Crippen molar-refractivity contribution in [2.45, 2.75) is 4.90 Å². The predicted molar refractivity (Wildman–Crippen MR) is 75.2 cm³/mol. The van der Waals surface area contributed by atoms with Gasteiger partial charge in [0, 0.05) is 0 Å². The van der Waals surface area contributed by atoms with E-state index >= 15 is 0 Å². The van der Waals surface area contributed by atoms with Crippen LogP contribution in [0.4, 0.5) is 0 Å². The molecule has 0 amide bonds. The molecular formula is C12H6N4O6S. The number of ketones is 2. The van der Waals surface area contributed by atoms with E-state index < -0.39 is 31.5 Å². The summed E-state index contributed by atoms with van der Waals surface area (Å²) >= 11 is 0. The smallest absolute Gasteiger partial charge is 0.285 e. The van der Waals surface area contributed by atoms with Gasteiger partial charge < -0.3 is 0 Å². The number of aromatic nitrogens is 2. The lowest BCUT2D eigenvalue weighted by molar-refractivity contribution is -0.518. The van der Waals surface area contributed by atoms with E-state index in [1.165, 1.54) is 23.0 Å². The van der Waals surface area contributed by atoms with Gasteiger partial charge in [-0.1, -0.05) is 6.07 Å². The standard InChI is InChI=1S/C12H6N4O6S/c17-8-5-4-7-11(12(8)18)14-6-2-1-3-9(10(6)13-7)23(21,22)15-16(19)20/h1-5,15H. The lowest BCUT2D eigenvalue weighted by atomic mass is 10.0. The Morgan fingerprint density at radius 1 is 1.13 bits per heavy atom. The second kappa shape index (κ2) is 4.91. The molecule has 0 saturated heterocycles. The first-order valence-corrected chi connectivity index (χ1v) is 7.52. The van der Waals surface area contributed by atoms with E-state index in [1.807, 2.05) is 0 Å². The maximum absolute atomic E-state index is 12.0. The van der Waals surface area contributed by atoms with Crippen LogP contribution in [0.5, 0.6) is 0 Å². The van der Waals surface area contributed by atoms with E-state index in [0.717, 1.165) is 12.1 Å². The average Bonchev–Trinajstić information content (AvgIpc) is 2.48. The summed E-state index contributed by atoms with van der Waals surface area (Å²) in [6, 6.07) is 3.79. The fraction of sp³-hybridized carbons (Fsp3) is 0. The minimum Gasteiger partial charge on any atom is -0.285 e. The van der Waals surface area contributed by atoms with E-state index in [0.29, 0.717) is 0 Å². The molecule has 23 heavy (non-hydrogen) atoms. The molecule has 0 radical (unpaired) electrons. The summed E-state index contributed by atoms with van der Waals surface area (Å²) in [4.78, 5) is 42.3. The van der Waals surface area contributed by atoms with Crippen molar-refractivity contribution in [3.8, 4) is 0 Å². The van der Waals surface area contributed by atoms with Crippen LogP contribution in [-0.2, 0) is 14.8 Å². The molecule has 3 rings (SSSR count). The van der Waals surface area contributed by atoms with Crippen LogP contribution in [0.15, 0.2) is 29.2 Å². The number of nitrogens with zero attached hydrogens (tertiary/aromatic N) is 3. The van der Waals surface area contributed by atoms with E-state index in [4.69, 9.17) is 0 Å². The number of fused-ring (bicyclic) bond motifs is 2. The van der Waals surface area contributed by atoms with Crippen LogP contribution in [0.1, 0.15) is 16.2 Å². The number of benzene rings is 1. The van der Waals surface area contributed by atoms with Gasteiger partial charge in [0.15, 0.2) is 5.03 Å². The van der Waals surface area contributed by atoms with Crippen molar-refractivity contribution in [2.75, 3.05) is 0 Å². The molecule has 1 aromatic heterocycles. The number of para-hydroxylation sites is 1. The van der Waals surface area contributed by atoms with Crippen LogP contribution in [0.25, 0.3) is 17.1 Å². The number of carbonyl (C=O) groups excluding carboxylic acids is 2. The number of hydrogen-bond acceptors (Lipinski definition) is 8. The summed E-state index contributed by atoms with van der Waals surface area (Å²) in [6.45, 7) is 0.